The van der Waals surface area contributed by atoms with E-state index in [1.165, 1.54) is 19.3 Å². The van der Waals surface area contributed by atoms with Crippen molar-refractivity contribution in [2.75, 3.05) is 6.61 Å². The molecule has 0 amide bonds. The van der Waals surface area contributed by atoms with Gasteiger partial charge in [0.05, 0.1) is 0 Å². The second-order valence-corrected chi connectivity index (χ2v) is 4.82. The van der Waals surface area contributed by atoms with Crippen molar-refractivity contribution in [1.29, 1.82) is 0 Å². The zero-order chi connectivity index (χ0) is 13.5. The normalized spacial score (nSPS) is 11.3. The Bertz CT molecular complexity index is 504. The third-order valence-electron chi connectivity index (χ3n) is 3.36. The van der Waals surface area contributed by atoms with Gasteiger partial charge in [0.15, 0.2) is 0 Å². The molecule has 1 heterocycles. The number of para-hydroxylation sites is 1. The first-order chi connectivity index (χ1) is 9.36. The lowest BCUT2D eigenvalue weighted by atomic mass is 10.1. The first kappa shape index (κ1) is 14.1. The van der Waals surface area contributed by atoms with Gasteiger partial charge in [-0.2, -0.15) is 0 Å². The Balaban J connectivity index is 1.93. The van der Waals surface area contributed by atoms with Crippen LogP contribution in [-0.4, -0.2) is 6.61 Å². The number of unbranched alkanes of at least 4 members (excludes halogenated alkanes) is 3. The molecule has 2 N–H and O–H groups in total. The van der Waals surface area contributed by atoms with Gasteiger partial charge < -0.3 is 14.9 Å². The van der Waals surface area contributed by atoms with Gasteiger partial charge in [-0.25, -0.2) is 0 Å². The molecule has 0 saturated carbocycles. The van der Waals surface area contributed by atoms with Crippen LogP contribution in [0.3, 0.4) is 0 Å². The van der Waals surface area contributed by atoms with Crippen LogP contribution in [0.4, 0.5) is 0 Å². The third kappa shape index (κ3) is 3.58. The van der Waals surface area contributed by atoms with Crippen molar-refractivity contribution in [3.63, 3.8) is 0 Å². The maximum atomic E-state index is 5.82. The van der Waals surface area contributed by atoms with Crippen LogP contribution in [-0.2, 0) is 17.9 Å². The van der Waals surface area contributed by atoms with Crippen LogP contribution < -0.4 is 5.73 Å². The maximum absolute atomic E-state index is 5.82. The zero-order valence-corrected chi connectivity index (χ0v) is 11.7. The average molecular weight is 261 g/mol. The molecular formula is C16H23NO2. The highest BCUT2D eigenvalue weighted by atomic mass is 16.5. The van der Waals surface area contributed by atoms with Crippen LogP contribution in [0.1, 0.15) is 43.9 Å². The summed E-state index contributed by atoms with van der Waals surface area (Å²) < 4.78 is 11.5. The molecule has 2 rings (SSSR count). The summed E-state index contributed by atoms with van der Waals surface area (Å²) in [5.41, 5.74) is 7.78. The van der Waals surface area contributed by atoms with Crippen molar-refractivity contribution >= 4 is 11.0 Å². The molecular weight excluding hydrogens is 238 g/mol. The van der Waals surface area contributed by atoms with Gasteiger partial charge in [0, 0.05) is 24.1 Å². The fraction of sp³-hybridized carbons (Fsp3) is 0.500. The van der Waals surface area contributed by atoms with Crippen molar-refractivity contribution in [3.8, 4) is 0 Å². The van der Waals surface area contributed by atoms with E-state index in [9.17, 15) is 0 Å². The molecule has 0 aliphatic rings. The summed E-state index contributed by atoms with van der Waals surface area (Å²) in [7, 11) is 0. The molecule has 1 aromatic heterocycles. The average Bonchev–Trinajstić information content (AvgIpc) is 2.80. The Morgan fingerprint density at radius 3 is 2.79 bits per heavy atom. The van der Waals surface area contributed by atoms with Crippen LogP contribution in [0, 0.1) is 0 Å². The molecule has 0 saturated heterocycles. The molecule has 3 heteroatoms. The molecule has 0 unspecified atom stereocenters. The van der Waals surface area contributed by atoms with Gasteiger partial charge in [-0.05, 0) is 12.5 Å². The number of hydrogen-bond donors (Lipinski definition) is 1. The molecule has 0 spiro atoms. The second kappa shape index (κ2) is 7.31. The first-order valence-corrected chi connectivity index (χ1v) is 7.14. The minimum Gasteiger partial charge on any atom is -0.458 e. The number of ether oxygens (including phenoxy) is 1. The standard InChI is InChI=1S/C16H23NO2/c1-2-3-4-7-10-18-12-16-14(11-17)13-8-5-6-9-15(13)19-16/h5-6,8-9H,2-4,7,10-12,17H2,1H3. The highest BCUT2D eigenvalue weighted by molar-refractivity contribution is 5.82. The van der Waals surface area contributed by atoms with Crippen molar-refractivity contribution in [2.24, 2.45) is 5.73 Å². The van der Waals surface area contributed by atoms with E-state index in [4.69, 9.17) is 14.9 Å². The molecule has 0 aliphatic carbocycles. The zero-order valence-electron chi connectivity index (χ0n) is 11.7. The van der Waals surface area contributed by atoms with E-state index in [-0.39, 0.29) is 0 Å². The van der Waals surface area contributed by atoms with Crippen LogP contribution in [0.15, 0.2) is 28.7 Å². The van der Waals surface area contributed by atoms with Crippen LogP contribution in [0.2, 0.25) is 0 Å². The molecule has 104 valence electrons. The fourth-order valence-electron chi connectivity index (χ4n) is 2.29. The van der Waals surface area contributed by atoms with Crippen molar-refractivity contribution < 1.29 is 9.15 Å². The number of furan rings is 1. The molecule has 0 aliphatic heterocycles. The Hall–Kier alpha value is -1.32. The number of nitrogens with two attached hydrogens (primary N) is 1. The summed E-state index contributed by atoms with van der Waals surface area (Å²) in [6, 6.07) is 8.00. The largest absolute Gasteiger partial charge is 0.458 e. The van der Waals surface area contributed by atoms with Crippen LogP contribution >= 0.6 is 0 Å². The number of hydrogen-bond acceptors (Lipinski definition) is 3. The second-order valence-electron chi connectivity index (χ2n) is 4.82. The predicted octanol–water partition coefficient (Wildman–Crippen LogP) is 3.99. The van der Waals surface area contributed by atoms with Gasteiger partial charge in [0.2, 0.25) is 0 Å². The van der Waals surface area contributed by atoms with Gasteiger partial charge in [-0.3, -0.25) is 0 Å². The minimum absolute atomic E-state index is 0.492. The summed E-state index contributed by atoms with van der Waals surface area (Å²) >= 11 is 0. The third-order valence-corrected chi connectivity index (χ3v) is 3.36. The Morgan fingerprint density at radius 2 is 2.00 bits per heavy atom. The highest BCUT2D eigenvalue weighted by Crippen LogP contribution is 2.26. The topological polar surface area (TPSA) is 48.4 Å². The lowest BCUT2D eigenvalue weighted by Gasteiger charge is -2.03. The summed E-state index contributed by atoms with van der Waals surface area (Å²) in [6.07, 6.45) is 4.88. The van der Waals surface area contributed by atoms with Crippen molar-refractivity contribution in [1.82, 2.24) is 0 Å². The predicted molar refractivity (Wildman–Crippen MR) is 77.9 cm³/mol. The monoisotopic (exact) mass is 261 g/mol. The smallest absolute Gasteiger partial charge is 0.135 e. The minimum atomic E-state index is 0.492. The van der Waals surface area contributed by atoms with E-state index in [1.807, 2.05) is 24.3 Å². The summed E-state index contributed by atoms with van der Waals surface area (Å²) in [6.45, 7) is 4.02. The van der Waals surface area contributed by atoms with E-state index in [1.54, 1.807) is 0 Å². The fourth-order valence-corrected chi connectivity index (χ4v) is 2.29. The van der Waals surface area contributed by atoms with Crippen LogP contribution in [0.25, 0.3) is 11.0 Å². The summed E-state index contributed by atoms with van der Waals surface area (Å²) in [4.78, 5) is 0. The maximum Gasteiger partial charge on any atom is 0.135 e. The Morgan fingerprint density at radius 1 is 1.16 bits per heavy atom. The first-order valence-electron chi connectivity index (χ1n) is 7.14. The van der Waals surface area contributed by atoms with E-state index < -0.39 is 0 Å². The lowest BCUT2D eigenvalue weighted by Crippen LogP contribution is -2.01. The van der Waals surface area contributed by atoms with Gasteiger partial charge >= 0.3 is 0 Å². The van der Waals surface area contributed by atoms with Gasteiger partial charge in [-0.1, -0.05) is 44.4 Å². The molecule has 0 atom stereocenters. The summed E-state index contributed by atoms with van der Waals surface area (Å²) in [5.74, 6) is 0.874. The van der Waals surface area contributed by atoms with E-state index >= 15 is 0 Å². The molecule has 0 bridgehead atoms. The number of rotatable bonds is 8. The Kier molecular flexibility index (Phi) is 5.43. The highest BCUT2D eigenvalue weighted by Gasteiger charge is 2.12. The van der Waals surface area contributed by atoms with Gasteiger partial charge in [0.1, 0.15) is 18.0 Å². The summed E-state index contributed by atoms with van der Waals surface area (Å²) in [5, 5.41) is 1.11. The molecule has 2 aromatic rings. The molecule has 1 aromatic carbocycles. The SMILES string of the molecule is CCCCCCOCc1oc2ccccc2c1CN. The van der Waals surface area contributed by atoms with Gasteiger partial charge in [0.25, 0.3) is 0 Å². The molecule has 0 radical (unpaired) electrons. The molecule has 3 nitrogen and oxygen atoms in total. The van der Waals surface area contributed by atoms with E-state index in [0.717, 1.165) is 35.3 Å². The quantitative estimate of drug-likeness (QED) is 0.731. The number of fused-ring (bicyclic) bond motifs is 1. The van der Waals surface area contributed by atoms with Crippen molar-refractivity contribution in [3.05, 3.63) is 35.6 Å². The van der Waals surface area contributed by atoms with Crippen molar-refractivity contribution in [2.45, 2.75) is 45.8 Å². The van der Waals surface area contributed by atoms with Gasteiger partial charge in [-0.15, -0.1) is 0 Å². The Labute approximate surface area is 114 Å². The van der Waals surface area contributed by atoms with E-state index in [2.05, 4.69) is 6.92 Å². The lowest BCUT2D eigenvalue weighted by molar-refractivity contribution is 0.103. The molecule has 19 heavy (non-hydrogen) atoms. The molecule has 0 fully saturated rings. The van der Waals surface area contributed by atoms with Crippen LogP contribution in [0.5, 0.6) is 0 Å². The number of benzene rings is 1. The van der Waals surface area contributed by atoms with E-state index in [0.29, 0.717) is 13.2 Å².